The SMILES string of the molecule is COc1ccc(NNC(=O)C2CCOCC2)c(C(F)(F)F)c1. The van der Waals surface area contributed by atoms with Crippen LogP contribution in [0.3, 0.4) is 0 Å². The molecule has 0 aromatic heterocycles. The van der Waals surface area contributed by atoms with Crippen LogP contribution in [0.2, 0.25) is 0 Å². The minimum atomic E-state index is -4.56. The highest BCUT2D eigenvalue weighted by atomic mass is 19.4. The molecule has 5 nitrogen and oxygen atoms in total. The number of halogens is 3. The van der Waals surface area contributed by atoms with Crippen LogP contribution >= 0.6 is 0 Å². The zero-order valence-corrected chi connectivity index (χ0v) is 12.0. The van der Waals surface area contributed by atoms with Crippen LogP contribution in [0, 0.1) is 5.92 Å². The fourth-order valence-corrected chi connectivity index (χ4v) is 2.18. The molecule has 1 heterocycles. The minimum absolute atomic E-state index is 0.0913. The van der Waals surface area contributed by atoms with Gasteiger partial charge in [-0.1, -0.05) is 0 Å². The highest BCUT2D eigenvalue weighted by Crippen LogP contribution is 2.36. The first kappa shape index (κ1) is 16.4. The van der Waals surface area contributed by atoms with E-state index in [0.717, 1.165) is 6.07 Å². The lowest BCUT2D eigenvalue weighted by Crippen LogP contribution is -2.38. The number of alkyl halides is 3. The van der Waals surface area contributed by atoms with Crippen LogP contribution < -0.4 is 15.6 Å². The van der Waals surface area contributed by atoms with E-state index in [1.54, 1.807) is 0 Å². The van der Waals surface area contributed by atoms with Crippen LogP contribution in [0.15, 0.2) is 18.2 Å². The van der Waals surface area contributed by atoms with Crippen molar-refractivity contribution in [2.75, 3.05) is 25.7 Å². The van der Waals surface area contributed by atoms with Gasteiger partial charge in [0.2, 0.25) is 5.91 Å². The van der Waals surface area contributed by atoms with E-state index in [1.165, 1.54) is 19.2 Å². The van der Waals surface area contributed by atoms with Gasteiger partial charge in [-0.3, -0.25) is 15.6 Å². The van der Waals surface area contributed by atoms with Gasteiger partial charge in [-0.15, -0.1) is 0 Å². The molecule has 8 heteroatoms. The van der Waals surface area contributed by atoms with Gasteiger partial charge in [0.15, 0.2) is 0 Å². The standard InChI is InChI=1S/C14H17F3N2O3/c1-21-10-2-3-12(11(8-10)14(15,16)17)18-19-13(20)9-4-6-22-7-5-9/h2-3,8-9,18H,4-7H2,1H3,(H,19,20). The first-order chi connectivity index (χ1) is 10.4. The van der Waals surface area contributed by atoms with Gasteiger partial charge in [0, 0.05) is 19.1 Å². The summed E-state index contributed by atoms with van der Waals surface area (Å²) in [5, 5.41) is 0. The molecule has 2 N–H and O–H groups in total. The van der Waals surface area contributed by atoms with Gasteiger partial charge in [0.1, 0.15) is 5.75 Å². The van der Waals surface area contributed by atoms with Crippen LogP contribution in [0.4, 0.5) is 18.9 Å². The van der Waals surface area contributed by atoms with E-state index in [4.69, 9.17) is 9.47 Å². The molecule has 1 aromatic rings. The van der Waals surface area contributed by atoms with Crippen molar-refractivity contribution >= 4 is 11.6 Å². The monoisotopic (exact) mass is 318 g/mol. The number of ether oxygens (including phenoxy) is 2. The third-order valence-electron chi connectivity index (χ3n) is 3.44. The molecule has 0 spiro atoms. The fraction of sp³-hybridized carbons (Fsp3) is 0.500. The smallest absolute Gasteiger partial charge is 0.418 e. The van der Waals surface area contributed by atoms with Gasteiger partial charge >= 0.3 is 6.18 Å². The Hall–Kier alpha value is -1.96. The number of hydrogen-bond acceptors (Lipinski definition) is 4. The number of nitrogens with one attached hydrogen (secondary N) is 2. The molecule has 0 bridgehead atoms. The zero-order chi connectivity index (χ0) is 16.2. The van der Waals surface area contributed by atoms with Crippen molar-refractivity contribution in [1.29, 1.82) is 0 Å². The van der Waals surface area contributed by atoms with Gasteiger partial charge in [0.25, 0.3) is 0 Å². The Balaban J connectivity index is 2.07. The van der Waals surface area contributed by atoms with E-state index in [1.807, 2.05) is 0 Å². The summed E-state index contributed by atoms with van der Waals surface area (Å²) in [5.74, 6) is -0.505. The molecule has 0 saturated carbocycles. The van der Waals surface area contributed by atoms with Crippen LogP contribution in [0.5, 0.6) is 5.75 Å². The van der Waals surface area contributed by atoms with E-state index in [2.05, 4.69) is 10.9 Å². The fourth-order valence-electron chi connectivity index (χ4n) is 2.18. The number of amides is 1. The Morgan fingerprint density at radius 2 is 2.00 bits per heavy atom. The first-order valence-corrected chi connectivity index (χ1v) is 6.80. The van der Waals surface area contributed by atoms with E-state index < -0.39 is 11.7 Å². The van der Waals surface area contributed by atoms with Crippen molar-refractivity contribution in [2.45, 2.75) is 19.0 Å². The Kier molecular flexibility index (Phi) is 5.12. The maximum atomic E-state index is 13.0. The average Bonchev–Trinajstić information content (AvgIpc) is 2.52. The Labute approximate surface area is 125 Å². The summed E-state index contributed by atoms with van der Waals surface area (Å²) in [6, 6.07) is 3.48. The van der Waals surface area contributed by atoms with Crippen LogP contribution in [0.1, 0.15) is 18.4 Å². The summed E-state index contributed by atoms with van der Waals surface area (Å²) < 4.78 is 49.0. The van der Waals surface area contributed by atoms with Gasteiger partial charge in [0.05, 0.1) is 18.4 Å². The normalized spacial score (nSPS) is 16.2. The first-order valence-electron chi connectivity index (χ1n) is 6.80. The van der Waals surface area contributed by atoms with Gasteiger partial charge in [-0.2, -0.15) is 13.2 Å². The number of hydrazine groups is 1. The van der Waals surface area contributed by atoms with Crippen molar-refractivity contribution in [3.05, 3.63) is 23.8 Å². The van der Waals surface area contributed by atoms with E-state index in [-0.39, 0.29) is 23.3 Å². The summed E-state index contributed by atoms with van der Waals surface area (Å²) in [6.07, 6.45) is -3.44. The van der Waals surface area contributed by atoms with E-state index >= 15 is 0 Å². The Bertz CT molecular complexity index is 529. The van der Waals surface area contributed by atoms with Crippen molar-refractivity contribution in [2.24, 2.45) is 5.92 Å². The largest absolute Gasteiger partial charge is 0.497 e. The molecule has 122 valence electrons. The number of rotatable bonds is 4. The van der Waals surface area contributed by atoms with Crippen LogP contribution in [-0.4, -0.2) is 26.2 Å². The van der Waals surface area contributed by atoms with Gasteiger partial charge in [-0.05, 0) is 31.0 Å². The quantitative estimate of drug-likeness (QED) is 0.838. The molecule has 22 heavy (non-hydrogen) atoms. The average molecular weight is 318 g/mol. The van der Waals surface area contributed by atoms with Gasteiger partial charge < -0.3 is 9.47 Å². The predicted octanol–water partition coefficient (Wildman–Crippen LogP) is 2.58. The summed E-state index contributed by atoms with van der Waals surface area (Å²) in [5.41, 5.74) is 3.55. The molecule has 0 aliphatic carbocycles. The lowest BCUT2D eigenvalue weighted by molar-refractivity contribution is -0.137. The van der Waals surface area contributed by atoms with E-state index in [9.17, 15) is 18.0 Å². The van der Waals surface area contributed by atoms with E-state index in [0.29, 0.717) is 26.1 Å². The molecule has 1 saturated heterocycles. The van der Waals surface area contributed by atoms with Gasteiger partial charge in [-0.25, -0.2) is 0 Å². The Morgan fingerprint density at radius 1 is 1.32 bits per heavy atom. The molecular formula is C14H17F3N2O3. The van der Waals surface area contributed by atoms with Crippen LogP contribution in [0.25, 0.3) is 0 Å². The molecule has 1 fully saturated rings. The second kappa shape index (κ2) is 6.87. The van der Waals surface area contributed by atoms with Crippen molar-refractivity contribution in [3.8, 4) is 5.75 Å². The molecule has 2 rings (SSSR count). The summed E-state index contributed by atoms with van der Waals surface area (Å²) in [7, 11) is 1.29. The number of benzene rings is 1. The second-order valence-corrected chi connectivity index (χ2v) is 4.91. The maximum Gasteiger partial charge on any atom is 0.418 e. The topological polar surface area (TPSA) is 59.6 Å². The zero-order valence-electron chi connectivity index (χ0n) is 12.0. The molecule has 0 unspecified atom stereocenters. The molecule has 0 atom stereocenters. The highest BCUT2D eigenvalue weighted by Gasteiger charge is 2.34. The van der Waals surface area contributed by atoms with Crippen molar-refractivity contribution in [1.82, 2.24) is 5.43 Å². The predicted molar refractivity (Wildman–Crippen MR) is 73.3 cm³/mol. The molecule has 1 aliphatic heterocycles. The number of carbonyl (C=O) groups excluding carboxylic acids is 1. The second-order valence-electron chi connectivity index (χ2n) is 4.91. The number of methoxy groups -OCH3 is 1. The number of carbonyl (C=O) groups is 1. The lowest BCUT2D eigenvalue weighted by Gasteiger charge is -2.22. The molecule has 1 amide bonds. The molecular weight excluding hydrogens is 301 g/mol. The third-order valence-corrected chi connectivity index (χ3v) is 3.44. The van der Waals surface area contributed by atoms with Crippen molar-refractivity contribution in [3.63, 3.8) is 0 Å². The lowest BCUT2D eigenvalue weighted by atomic mass is 10.00. The molecule has 1 aromatic carbocycles. The summed E-state index contributed by atoms with van der Waals surface area (Å²) in [4.78, 5) is 11.9. The summed E-state index contributed by atoms with van der Waals surface area (Å²) >= 11 is 0. The third kappa shape index (κ3) is 4.03. The summed E-state index contributed by atoms with van der Waals surface area (Å²) in [6.45, 7) is 0.961. The van der Waals surface area contributed by atoms with Crippen LogP contribution in [-0.2, 0) is 15.7 Å². The molecule has 1 aliphatic rings. The number of anilines is 1. The maximum absolute atomic E-state index is 13.0. The molecule has 0 radical (unpaired) electrons. The minimum Gasteiger partial charge on any atom is -0.497 e. The Morgan fingerprint density at radius 3 is 2.59 bits per heavy atom. The van der Waals surface area contributed by atoms with Crippen molar-refractivity contribution < 1.29 is 27.4 Å². The highest BCUT2D eigenvalue weighted by molar-refractivity contribution is 5.80. The number of hydrogen-bond donors (Lipinski definition) is 2.